The van der Waals surface area contributed by atoms with E-state index in [0.717, 1.165) is 35.5 Å². The summed E-state index contributed by atoms with van der Waals surface area (Å²) in [6, 6.07) is 8.09. The number of benzene rings is 1. The largest absolute Gasteiger partial charge is 0.356 e. The molecule has 25 heavy (non-hydrogen) atoms. The van der Waals surface area contributed by atoms with Crippen LogP contribution in [0.3, 0.4) is 0 Å². The second kappa shape index (κ2) is 6.26. The number of rotatable bonds is 2. The standard InChI is InChI=1S/C19H21N3O2S/c1-13-4-2-3-5-14(13)17-21-15(11-25-17)18(24)22-8-6-19(7-9-22)10-16(23)20-12-19/h2-5,11H,6-10,12H2,1H3,(H,20,23). The van der Waals surface area contributed by atoms with E-state index < -0.39 is 0 Å². The molecule has 2 aliphatic rings. The summed E-state index contributed by atoms with van der Waals surface area (Å²) in [5.41, 5.74) is 2.83. The van der Waals surface area contributed by atoms with E-state index in [2.05, 4.69) is 23.3 Å². The molecule has 5 nitrogen and oxygen atoms in total. The van der Waals surface area contributed by atoms with Gasteiger partial charge in [0.2, 0.25) is 5.91 Å². The number of piperidine rings is 1. The molecule has 0 atom stereocenters. The first-order valence-corrected chi connectivity index (χ1v) is 9.52. The van der Waals surface area contributed by atoms with Gasteiger partial charge < -0.3 is 10.2 Å². The molecule has 3 heterocycles. The second-order valence-corrected chi connectivity index (χ2v) is 7.96. The maximum absolute atomic E-state index is 12.8. The zero-order chi connectivity index (χ0) is 17.4. The van der Waals surface area contributed by atoms with Crippen LogP contribution in [0.25, 0.3) is 10.6 Å². The van der Waals surface area contributed by atoms with Crippen molar-refractivity contribution in [3.63, 3.8) is 0 Å². The summed E-state index contributed by atoms with van der Waals surface area (Å²) >= 11 is 1.51. The first-order chi connectivity index (χ1) is 12.1. The van der Waals surface area contributed by atoms with Crippen molar-refractivity contribution in [2.75, 3.05) is 19.6 Å². The van der Waals surface area contributed by atoms with Crippen molar-refractivity contribution in [1.29, 1.82) is 0 Å². The number of carbonyl (C=O) groups is 2. The van der Waals surface area contributed by atoms with Crippen molar-refractivity contribution >= 4 is 23.2 Å². The van der Waals surface area contributed by atoms with E-state index >= 15 is 0 Å². The van der Waals surface area contributed by atoms with Gasteiger partial charge in [-0.2, -0.15) is 0 Å². The molecular weight excluding hydrogens is 334 g/mol. The van der Waals surface area contributed by atoms with Crippen LogP contribution in [0.4, 0.5) is 0 Å². The highest BCUT2D eigenvalue weighted by Crippen LogP contribution is 2.38. The van der Waals surface area contributed by atoms with E-state index in [1.54, 1.807) is 0 Å². The minimum absolute atomic E-state index is 0.00298. The van der Waals surface area contributed by atoms with Gasteiger partial charge in [0.25, 0.3) is 5.91 Å². The van der Waals surface area contributed by atoms with Crippen LogP contribution >= 0.6 is 11.3 Å². The Morgan fingerprint density at radius 3 is 2.72 bits per heavy atom. The normalized spacial score (nSPS) is 19.2. The number of hydrogen-bond donors (Lipinski definition) is 1. The van der Waals surface area contributed by atoms with Gasteiger partial charge in [-0.3, -0.25) is 9.59 Å². The molecule has 2 amide bonds. The first-order valence-electron chi connectivity index (χ1n) is 8.64. The van der Waals surface area contributed by atoms with E-state index in [0.29, 0.717) is 25.2 Å². The summed E-state index contributed by atoms with van der Waals surface area (Å²) in [5, 5.41) is 5.68. The fraction of sp³-hybridized carbons (Fsp3) is 0.421. The van der Waals surface area contributed by atoms with Crippen molar-refractivity contribution in [2.45, 2.75) is 26.2 Å². The summed E-state index contributed by atoms with van der Waals surface area (Å²) < 4.78 is 0. The number of nitrogens with zero attached hydrogens (tertiary/aromatic N) is 2. The molecule has 0 bridgehead atoms. The van der Waals surface area contributed by atoms with Crippen LogP contribution in [-0.4, -0.2) is 41.3 Å². The Kier molecular flexibility index (Phi) is 4.07. The highest BCUT2D eigenvalue weighted by Gasteiger charge is 2.41. The molecule has 6 heteroatoms. The maximum atomic E-state index is 12.8. The summed E-state index contributed by atoms with van der Waals surface area (Å²) in [6.45, 7) is 4.21. The highest BCUT2D eigenvalue weighted by atomic mass is 32.1. The SMILES string of the molecule is Cc1ccccc1-c1nc(C(=O)N2CCC3(CC2)CNC(=O)C3)cs1. The van der Waals surface area contributed by atoms with E-state index in [4.69, 9.17) is 0 Å². The Hall–Kier alpha value is -2.21. The third kappa shape index (κ3) is 3.06. The Labute approximate surface area is 151 Å². The molecule has 130 valence electrons. The lowest BCUT2D eigenvalue weighted by Gasteiger charge is -2.37. The predicted molar refractivity (Wildman–Crippen MR) is 97.5 cm³/mol. The minimum atomic E-state index is 0.00298. The molecule has 0 radical (unpaired) electrons. The lowest BCUT2D eigenvalue weighted by Crippen LogP contribution is -2.44. The van der Waals surface area contributed by atoms with Crippen LogP contribution in [0.2, 0.25) is 0 Å². The summed E-state index contributed by atoms with van der Waals surface area (Å²) in [5.74, 6) is 0.144. The number of thiazole rings is 1. The minimum Gasteiger partial charge on any atom is -0.356 e. The zero-order valence-corrected chi connectivity index (χ0v) is 15.1. The van der Waals surface area contributed by atoms with Crippen molar-refractivity contribution < 1.29 is 9.59 Å². The Morgan fingerprint density at radius 2 is 2.04 bits per heavy atom. The van der Waals surface area contributed by atoms with Crippen molar-refractivity contribution in [3.05, 3.63) is 40.9 Å². The van der Waals surface area contributed by atoms with E-state index in [1.165, 1.54) is 11.3 Å². The molecule has 0 aliphatic carbocycles. The molecule has 2 saturated heterocycles. The summed E-state index contributed by atoms with van der Waals surface area (Å²) in [7, 11) is 0. The molecule has 2 aliphatic heterocycles. The molecule has 4 rings (SSSR count). The lowest BCUT2D eigenvalue weighted by molar-refractivity contribution is -0.119. The number of likely N-dealkylation sites (tertiary alicyclic amines) is 1. The van der Waals surface area contributed by atoms with Crippen LogP contribution in [0, 0.1) is 12.3 Å². The highest BCUT2D eigenvalue weighted by molar-refractivity contribution is 7.13. The van der Waals surface area contributed by atoms with Crippen molar-refractivity contribution in [1.82, 2.24) is 15.2 Å². The van der Waals surface area contributed by atoms with Gasteiger partial charge in [-0.1, -0.05) is 24.3 Å². The average Bonchev–Trinajstić information content (AvgIpc) is 3.23. The molecule has 1 aromatic carbocycles. The third-order valence-corrected chi connectivity index (χ3v) is 6.28. The number of nitrogens with one attached hydrogen (secondary N) is 1. The molecular formula is C19H21N3O2S. The number of carbonyl (C=O) groups excluding carboxylic acids is 2. The van der Waals surface area contributed by atoms with Gasteiger partial charge in [0.05, 0.1) is 0 Å². The smallest absolute Gasteiger partial charge is 0.273 e. The van der Waals surface area contributed by atoms with Crippen LogP contribution in [0.15, 0.2) is 29.6 Å². The van der Waals surface area contributed by atoms with Gasteiger partial charge in [0.1, 0.15) is 10.7 Å². The van der Waals surface area contributed by atoms with Gasteiger partial charge in [0, 0.05) is 37.0 Å². The Balaban J connectivity index is 1.46. The summed E-state index contributed by atoms with van der Waals surface area (Å²) in [4.78, 5) is 30.8. The molecule has 0 saturated carbocycles. The number of aromatic nitrogens is 1. The summed E-state index contributed by atoms with van der Waals surface area (Å²) in [6.07, 6.45) is 2.36. The number of hydrogen-bond acceptors (Lipinski definition) is 4. The number of amides is 2. The molecule has 1 spiro atoms. The zero-order valence-electron chi connectivity index (χ0n) is 14.2. The monoisotopic (exact) mass is 355 g/mol. The molecule has 2 fully saturated rings. The van der Waals surface area contributed by atoms with E-state index in [1.807, 2.05) is 28.5 Å². The maximum Gasteiger partial charge on any atom is 0.273 e. The predicted octanol–water partition coefficient (Wildman–Crippen LogP) is 2.86. The van der Waals surface area contributed by atoms with Gasteiger partial charge in [-0.15, -0.1) is 11.3 Å². The van der Waals surface area contributed by atoms with E-state index in [9.17, 15) is 9.59 Å². The van der Waals surface area contributed by atoms with Crippen LogP contribution in [0.5, 0.6) is 0 Å². The first kappa shape index (κ1) is 16.3. The van der Waals surface area contributed by atoms with Crippen molar-refractivity contribution in [2.24, 2.45) is 5.41 Å². The van der Waals surface area contributed by atoms with Gasteiger partial charge in [-0.05, 0) is 30.7 Å². The quantitative estimate of drug-likeness (QED) is 0.901. The molecule has 1 aromatic heterocycles. The van der Waals surface area contributed by atoms with Gasteiger partial charge in [0.15, 0.2) is 0 Å². The topological polar surface area (TPSA) is 62.3 Å². The number of aryl methyl sites for hydroxylation is 1. The molecule has 1 N–H and O–H groups in total. The van der Waals surface area contributed by atoms with Crippen LogP contribution in [-0.2, 0) is 4.79 Å². The fourth-order valence-electron chi connectivity index (χ4n) is 3.76. The van der Waals surface area contributed by atoms with Gasteiger partial charge in [-0.25, -0.2) is 4.98 Å². The second-order valence-electron chi connectivity index (χ2n) is 7.10. The Morgan fingerprint density at radius 1 is 1.28 bits per heavy atom. The van der Waals surface area contributed by atoms with E-state index in [-0.39, 0.29) is 17.2 Å². The van der Waals surface area contributed by atoms with Gasteiger partial charge >= 0.3 is 0 Å². The average molecular weight is 355 g/mol. The lowest BCUT2D eigenvalue weighted by atomic mass is 9.77. The molecule has 0 unspecified atom stereocenters. The van der Waals surface area contributed by atoms with Crippen LogP contribution in [0.1, 0.15) is 35.3 Å². The van der Waals surface area contributed by atoms with Crippen molar-refractivity contribution in [3.8, 4) is 10.6 Å². The Bertz CT molecular complexity index is 822. The molecule has 2 aromatic rings. The van der Waals surface area contributed by atoms with Crippen LogP contribution < -0.4 is 5.32 Å². The fourth-order valence-corrected chi connectivity index (χ4v) is 4.64. The third-order valence-electron chi connectivity index (χ3n) is 5.41.